The van der Waals surface area contributed by atoms with Crippen LogP contribution in [-0.2, 0) is 4.74 Å². The molecule has 0 aromatic heterocycles. The van der Waals surface area contributed by atoms with Gasteiger partial charge in [-0.1, -0.05) is 6.07 Å². The predicted molar refractivity (Wildman–Crippen MR) is 79.5 cm³/mol. The molecule has 1 aliphatic carbocycles. The Balaban J connectivity index is 2.35. The molecule has 1 atom stereocenters. The Bertz CT molecular complexity index is 483. The number of anilines is 1. The fourth-order valence-corrected chi connectivity index (χ4v) is 2.63. The van der Waals surface area contributed by atoms with E-state index in [2.05, 4.69) is 11.8 Å². The summed E-state index contributed by atoms with van der Waals surface area (Å²) in [7, 11) is 1.67. The number of hydrogen-bond donors (Lipinski definition) is 1. The molecule has 2 rings (SSSR count). The highest BCUT2D eigenvalue weighted by Crippen LogP contribution is 2.37. The molecule has 0 radical (unpaired) electrons. The monoisotopic (exact) mass is 277 g/mol. The van der Waals surface area contributed by atoms with Crippen molar-refractivity contribution in [3.8, 4) is 0 Å². The number of carboxylic acids is 1. The molecule has 0 saturated heterocycles. The van der Waals surface area contributed by atoms with Crippen molar-refractivity contribution in [2.45, 2.75) is 32.7 Å². The average molecular weight is 277 g/mol. The van der Waals surface area contributed by atoms with E-state index in [-0.39, 0.29) is 0 Å². The Morgan fingerprint density at radius 3 is 2.75 bits per heavy atom. The molecule has 110 valence electrons. The van der Waals surface area contributed by atoms with Crippen LogP contribution in [0.1, 0.15) is 35.7 Å². The number of carboxylic acid groups (broad SMARTS) is 1. The second-order valence-electron chi connectivity index (χ2n) is 5.59. The van der Waals surface area contributed by atoms with Crippen molar-refractivity contribution in [2.75, 3.05) is 25.2 Å². The van der Waals surface area contributed by atoms with Crippen LogP contribution >= 0.6 is 0 Å². The smallest absolute Gasteiger partial charge is 0.337 e. The van der Waals surface area contributed by atoms with Crippen molar-refractivity contribution < 1.29 is 14.6 Å². The predicted octanol–water partition coefficient (Wildman–Crippen LogP) is 2.94. The van der Waals surface area contributed by atoms with Crippen LogP contribution < -0.4 is 4.90 Å². The normalized spacial score (nSPS) is 15.9. The van der Waals surface area contributed by atoms with Crippen molar-refractivity contribution >= 4 is 11.7 Å². The molecule has 1 N–H and O–H groups in total. The van der Waals surface area contributed by atoms with Crippen LogP contribution in [0.5, 0.6) is 0 Å². The molecule has 4 nitrogen and oxygen atoms in total. The van der Waals surface area contributed by atoms with Gasteiger partial charge in [0.25, 0.3) is 0 Å². The van der Waals surface area contributed by atoms with Gasteiger partial charge in [-0.15, -0.1) is 0 Å². The average Bonchev–Trinajstić information content (AvgIpc) is 3.23. The zero-order chi connectivity index (χ0) is 14.7. The number of carbonyl (C=O) groups is 1. The van der Waals surface area contributed by atoms with Gasteiger partial charge in [-0.25, -0.2) is 4.79 Å². The number of hydrogen-bond acceptors (Lipinski definition) is 3. The quantitative estimate of drug-likeness (QED) is 0.832. The van der Waals surface area contributed by atoms with Crippen LogP contribution in [0, 0.1) is 12.8 Å². The third-order valence-electron chi connectivity index (χ3n) is 4.03. The number of methoxy groups -OCH3 is 1. The third kappa shape index (κ3) is 3.31. The van der Waals surface area contributed by atoms with E-state index in [0.717, 1.165) is 17.8 Å². The highest BCUT2D eigenvalue weighted by atomic mass is 16.5. The van der Waals surface area contributed by atoms with Crippen LogP contribution in [0.15, 0.2) is 18.2 Å². The number of aromatic carboxylic acids is 1. The van der Waals surface area contributed by atoms with E-state index in [0.29, 0.717) is 24.1 Å². The SMILES string of the molecule is COCCN(c1cc(C)ccc1C(=O)O)C(C)C1CC1. The Hall–Kier alpha value is -1.55. The van der Waals surface area contributed by atoms with Gasteiger partial charge in [0, 0.05) is 19.7 Å². The first-order chi connectivity index (χ1) is 9.54. The molecule has 1 saturated carbocycles. The van der Waals surface area contributed by atoms with Crippen LogP contribution in [0.25, 0.3) is 0 Å². The van der Waals surface area contributed by atoms with Crippen molar-refractivity contribution in [1.29, 1.82) is 0 Å². The molecule has 1 aromatic rings. The van der Waals surface area contributed by atoms with Gasteiger partial charge in [-0.2, -0.15) is 0 Å². The highest BCUT2D eigenvalue weighted by Gasteiger charge is 2.33. The maximum absolute atomic E-state index is 11.5. The van der Waals surface area contributed by atoms with E-state index >= 15 is 0 Å². The second-order valence-corrected chi connectivity index (χ2v) is 5.59. The summed E-state index contributed by atoms with van der Waals surface area (Å²) in [5.41, 5.74) is 2.27. The maximum atomic E-state index is 11.5. The summed E-state index contributed by atoms with van der Waals surface area (Å²) in [6, 6.07) is 5.87. The number of ether oxygens (including phenoxy) is 1. The summed E-state index contributed by atoms with van der Waals surface area (Å²) in [5.74, 6) is -0.195. The minimum absolute atomic E-state index is 0.352. The van der Waals surface area contributed by atoms with Gasteiger partial charge < -0.3 is 14.7 Å². The lowest BCUT2D eigenvalue weighted by atomic mass is 10.1. The first-order valence-electron chi connectivity index (χ1n) is 7.14. The fraction of sp³-hybridized carbons (Fsp3) is 0.562. The number of nitrogens with zero attached hydrogens (tertiary/aromatic N) is 1. The lowest BCUT2D eigenvalue weighted by Crippen LogP contribution is -2.38. The minimum atomic E-state index is -0.870. The van der Waals surface area contributed by atoms with Crippen molar-refractivity contribution in [2.24, 2.45) is 5.92 Å². The van der Waals surface area contributed by atoms with Gasteiger partial charge in [0.1, 0.15) is 0 Å². The fourth-order valence-electron chi connectivity index (χ4n) is 2.63. The summed E-state index contributed by atoms with van der Waals surface area (Å²) in [6.45, 7) is 5.49. The summed E-state index contributed by atoms with van der Waals surface area (Å²) in [4.78, 5) is 13.7. The molecule has 0 heterocycles. The van der Waals surface area contributed by atoms with Gasteiger partial charge in [0.2, 0.25) is 0 Å². The van der Waals surface area contributed by atoms with E-state index in [4.69, 9.17) is 4.74 Å². The van der Waals surface area contributed by atoms with Gasteiger partial charge in [-0.3, -0.25) is 0 Å². The highest BCUT2D eigenvalue weighted by molar-refractivity contribution is 5.94. The molecule has 0 spiro atoms. The molecule has 0 aliphatic heterocycles. The van der Waals surface area contributed by atoms with E-state index in [9.17, 15) is 9.90 Å². The Morgan fingerprint density at radius 2 is 2.20 bits per heavy atom. The van der Waals surface area contributed by atoms with Gasteiger partial charge in [0.15, 0.2) is 0 Å². The molecule has 20 heavy (non-hydrogen) atoms. The largest absolute Gasteiger partial charge is 0.478 e. The van der Waals surface area contributed by atoms with Crippen molar-refractivity contribution in [3.05, 3.63) is 29.3 Å². The standard InChI is InChI=1S/C16H23NO3/c1-11-4-7-14(16(18)19)15(10-11)17(8-9-20-3)12(2)13-5-6-13/h4,7,10,12-13H,5-6,8-9H2,1-3H3,(H,18,19). The molecule has 1 aromatic carbocycles. The number of rotatable bonds is 7. The first kappa shape index (κ1) is 14.9. The Morgan fingerprint density at radius 1 is 1.50 bits per heavy atom. The first-order valence-corrected chi connectivity index (χ1v) is 7.14. The van der Waals surface area contributed by atoms with E-state index in [1.165, 1.54) is 12.8 Å². The van der Waals surface area contributed by atoms with E-state index in [1.807, 2.05) is 19.1 Å². The summed E-state index contributed by atoms with van der Waals surface area (Å²) >= 11 is 0. The molecular weight excluding hydrogens is 254 g/mol. The molecule has 0 bridgehead atoms. The Kier molecular flexibility index (Phi) is 4.65. The Labute approximate surface area is 120 Å². The molecular formula is C16H23NO3. The third-order valence-corrected chi connectivity index (χ3v) is 4.03. The molecule has 1 aliphatic rings. The topological polar surface area (TPSA) is 49.8 Å². The van der Waals surface area contributed by atoms with Crippen LogP contribution in [0.3, 0.4) is 0 Å². The van der Waals surface area contributed by atoms with Crippen LogP contribution in [0.4, 0.5) is 5.69 Å². The maximum Gasteiger partial charge on any atom is 0.337 e. The van der Waals surface area contributed by atoms with Crippen molar-refractivity contribution in [3.63, 3.8) is 0 Å². The summed E-state index contributed by atoms with van der Waals surface area (Å²) in [5, 5.41) is 9.41. The molecule has 1 fully saturated rings. The minimum Gasteiger partial charge on any atom is -0.478 e. The molecule has 0 amide bonds. The van der Waals surface area contributed by atoms with E-state index < -0.39 is 5.97 Å². The van der Waals surface area contributed by atoms with Gasteiger partial charge in [0.05, 0.1) is 17.9 Å². The second kappa shape index (κ2) is 6.27. The number of aryl methyl sites for hydroxylation is 1. The van der Waals surface area contributed by atoms with Gasteiger partial charge >= 0.3 is 5.97 Å². The lowest BCUT2D eigenvalue weighted by Gasteiger charge is -2.32. The zero-order valence-corrected chi connectivity index (χ0v) is 12.4. The van der Waals surface area contributed by atoms with Gasteiger partial charge in [-0.05, 0) is 50.3 Å². The summed E-state index contributed by atoms with van der Waals surface area (Å²) < 4.78 is 5.19. The van der Waals surface area contributed by atoms with Crippen LogP contribution in [-0.4, -0.2) is 37.4 Å². The summed E-state index contributed by atoms with van der Waals surface area (Å²) in [6.07, 6.45) is 2.47. The number of benzene rings is 1. The van der Waals surface area contributed by atoms with Crippen LogP contribution in [0.2, 0.25) is 0 Å². The van der Waals surface area contributed by atoms with Crippen molar-refractivity contribution in [1.82, 2.24) is 0 Å². The molecule has 4 heteroatoms. The zero-order valence-electron chi connectivity index (χ0n) is 12.4. The molecule has 1 unspecified atom stereocenters. The lowest BCUT2D eigenvalue weighted by molar-refractivity contribution is 0.0697. The van der Waals surface area contributed by atoms with E-state index in [1.54, 1.807) is 13.2 Å².